The van der Waals surface area contributed by atoms with E-state index in [4.69, 9.17) is 24.0 Å². The Balaban J connectivity index is 1.34. The first-order valence-electron chi connectivity index (χ1n) is 13.6. The molecule has 40 heavy (non-hydrogen) atoms. The zero-order valence-electron chi connectivity index (χ0n) is 22.9. The van der Waals surface area contributed by atoms with Crippen molar-refractivity contribution in [3.8, 4) is 0 Å². The highest BCUT2D eigenvalue weighted by Crippen LogP contribution is 2.06. The Morgan fingerprint density at radius 2 is 0.800 bits per heavy atom. The normalized spacial score (nSPS) is 10.9. The second-order valence-electron chi connectivity index (χ2n) is 9.46. The third kappa shape index (κ3) is 11.5. The molecule has 4 aromatic rings. The summed E-state index contributed by atoms with van der Waals surface area (Å²) in [6.45, 7) is 3.62. The van der Waals surface area contributed by atoms with Gasteiger partial charge in [-0.3, -0.25) is 0 Å². The van der Waals surface area contributed by atoms with Gasteiger partial charge in [0.15, 0.2) is 0 Å². The quantitative estimate of drug-likeness (QED) is 0.121. The van der Waals surface area contributed by atoms with E-state index in [2.05, 4.69) is 29.7 Å². The number of hydrogen-bond acceptors (Lipinski definition) is 6. The molecule has 0 saturated carbocycles. The molecular formula is C34H38N2O4. The minimum Gasteiger partial charge on any atom is -0.374 e. The van der Waals surface area contributed by atoms with Crippen LogP contribution in [0.3, 0.4) is 0 Å². The Labute approximate surface area is 237 Å². The summed E-state index contributed by atoms with van der Waals surface area (Å²) >= 11 is 0. The number of ether oxygens (including phenoxy) is 4. The largest absolute Gasteiger partial charge is 0.374 e. The summed E-state index contributed by atoms with van der Waals surface area (Å²) in [5.41, 5.74) is 8.51. The highest BCUT2D eigenvalue weighted by atomic mass is 16.5. The standard InChI is InChI=1S/C34H38N2O4/c1-5-13-29(14-6-1)21-37-25-33(26-38-22-30-15-7-2-8-16-30)35-36-34(27-39-23-31-17-9-3-10-18-31)28-40-24-32-19-11-4-12-20-32/h1-20,33,35H,21-28H2. The first-order valence-corrected chi connectivity index (χ1v) is 13.6. The van der Waals surface area contributed by atoms with E-state index in [1.807, 2.05) is 97.1 Å². The third-order valence-corrected chi connectivity index (χ3v) is 6.03. The van der Waals surface area contributed by atoms with Crippen LogP contribution >= 0.6 is 0 Å². The monoisotopic (exact) mass is 538 g/mol. The van der Waals surface area contributed by atoms with Gasteiger partial charge >= 0.3 is 0 Å². The molecule has 6 heteroatoms. The van der Waals surface area contributed by atoms with E-state index in [0.29, 0.717) is 52.9 Å². The predicted octanol–water partition coefficient (Wildman–Crippen LogP) is 6.17. The molecule has 0 heterocycles. The smallest absolute Gasteiger partial charge is 0.0907 e. The molecule has 0 fully saturated rings. The first kappa shape index (κ1) is 29.2. The average Bonchev–Trinajstić information content (AvgIpc) is 3.01. The van der Waals surface area contributed by atoms with Gasteiger partial charge in [0, 0.05) is 0 Å². The molecule has 0 radical (unpaired) electrons. The minimum atomic E-state index is -0.148. The van der Waals surface area contributed by atoms with E-state index in [1.165, 1.54) is 0 Å². The highest BCUT2D eigenvalue weighted by Gasteiger charge is 2.11. The summed E-state index contributed by atoms with van der Waals surface area (Å²) in [6, 6.07) is 40.3. The molecule has 1 N–H and O–H groups in total. The van der Waals surface area contributed by atoms with Crippen LogP contribution in [0.25, 0.3) is 0 Å². The minimum absolute atomic E-state index is 0.148. The van der Waals surface area contributed by atoms with Crippen molar-refractivity contribution in [3.05, 3.63) is 144 Å². The number of benzene rings is 4. The van der Waals surface area contributed by atoms with Crippen LogP contribution in [0.4, 0.5) is 0 Å². The van der Waals surface area contributed by atoms with Gasteiger partial charge in [0.2, 0.25) is 0 Å². The molecule has 6 nitrogen and oxygen atoms in total. The van der Waals surface area contributed by atoms with E-state index in [-0.39, 0.29) is 6.04 Å². The molecule has 0 amide bonds. The van der Waals surface area contributed by atoms with Crippen LogP contribution in [0, 0.1) is 0 Å². The second-order valence-corrected chi connectivity index (χ2v) is 9.46. The SMILES string of the molecule is c1ccc(COCC(COCc2ccccc2)=NNC(COCc2ccccc2)COCc2ccccc2)cc1. The molecule has 0 aliphatic rings. The Bertz CT molecular complexity index is 1130. The van der Waals surface area contributed by atoms with Crippen LogP contribution < -0.4 is 5.43 Å². The fraction of sp³-hybridized carbons (Fsp3) is 0.265. The summed E-state index contributed by atoms with van der Waals surface area (Å²) in [5.74, 6) is 0. The van der Waals surface area contributed by atoms with E-state index < -0.39 is 0 Å². The van der Waals surface area contributed by atoms with Crippen molar-refractivity contribution >= 4 is 5.71 Å². The molecule has 0 aliphatic carbocycles. The number of hydrazone groups is 1. The van der Waals surface area contributed by atoms with Gasteiger partial charge in [-0.15, -0.1) is 0 Å². The highest BCUT2D eigenvalue weighted by molar-refractivity contribution is 5.86. The Kier molecular flexibility index (Phi) is 12.9. The number of hydrogen-bond donors (Lipinski definition) is 1. The summed E-state index contributed by atoms with van der Waals surface area (Å²) in [7, 11) is 0. The molecule has 208 valence electrons. The summed E-state index contributed by atoms with van der Waals surface area (Å²) < 4.78 is 24.0. The van der Waals surface area contributed by atoms with Gasteiger partial charge in [0.1, 0.15) is 0 Å². The van der Waals surface area contributed by atoms with Gasteiger partial charge in [0.25, 0.3) is 0 Å². The lowest BCUT2D eigenvalue weighted by Crippen LogP contribution is -2.36. The topological polar surface area (TPSA) is 61.3 Å². The first-order chi connectivity index (χ1) is 19.8. The number of nitrogens with one attached hydrogen (secondary N) is 1. The van der Waals surface area contributed by atoms with Crippen LogP contribution in [0.1, 0.15) is 22.3 Å². The average molecular weight is 539 g/mol. The van der Waals surface area contributed by atoms with Gasteiger partial charge in [-0.05, 0) is 22.3 Å². The van der Waals surface area contributed by atoms with Crippen LogP contribution in [0.15, 0.2) is 126 Å². The van der Waals surface area contributed by atoms with Crippen molar-refractivity contribution in [2.75, 3.05) is 26.4 Å². The van der Waals surface area contributed by atoms with Crippen LogP contribution in [-0.4, -0.2) is 38.2 Å². The molecule has 0 aromatic heterocycles. The van der Waals surface area contributed by atoms with Gasteiger partial charge in [-0.2, -0.15) is 5.10 Å². The Hall–Kier alpha value is -3.81. The molecule has 0 aliphatic heterocycles. The lowest BCUT2D eigenvalue weighted by molar-refractivity contribution is 0.0433. The van der Waals surface area contributed by atoms with Gasteiger partial charge in [0.05, 0.1) is 64.6 Å². The van der Waals surface area contributed by atoms with Crippen molar-refractivity contribution in [2.45, 2.75) is 32.5 Å². The lowest BCUT2D eigenvalue weighted by atomic mass is 10.2. The van der Waals surface area contributed by atoms with Crippen molar-refractivity contribution in [1.82, 2.24) is 5.43 Å². The fourth-order valence-corrected chi connectivity index (χ4v) is 3.92. The maximum absolute atomic E-state index is 6.02. The summed E-state index contributed by atoms with van der Waals surface area (Å²) in [6.07, 6.45) is 0. The molecule has 0 unspecified atom stereocenters. The van der Waals surface area contributed by atoms with Crippen molar-refractivity contribution in [1.29, 1.82) is 0 Å². The number of rotatable bonds is 18. The molecule has 0 saturated heterocycles. The fourth-order valence-electron chi connectivity index (χ4n) is 3.92. The predicted molar refractivity (Wildman–Crippen MR) is 159 cm³/mol. The van der Waals surface area contributed by atoms with Crippen molar-refractivity contribution in [2.24, 2.45) is 5.10 Å². The Morgan fingerprint density at radius 1 is 0.475 bits per heavy atom. The third-order valence-electron chi connectivity index (χ3n) is 6.03. The maximum atomic E-state index is 6.02. The van der Waals surface area contributed by atoms with E-state index >= 15 is 0 Å². The van der Waals surface area contributed by atoms with E-state index in [0.717, 1.165) is 28.0 Å². The number of nitrogens with zero attached hydrogens (tertiary/aromatic N) is 1. The molecule has 4 rings (SSSR count). The van der Waals surface area contributed by atoms with Crippen LogP contribution in [0.2, 0.25) is 0 Å². The van der Waals surface area contributed by atoms with E-state index in [1.54, 1.807) is 0 Å². The van der Waals surface area contributed by atoms with Gasteiger partial charge in [-0.1, -0.05) is 121 Å². The Morgan fingerprint density at radius 3 is 1.15 bits per heavy atom. The summed E-state index contributed by atoms with van der Waals surface area (Å²) in [5, 5.41) is 4.69. The van der Waals surface area contributed by atoms with Gasteiger partial charge < -0.3 is 24.4 Å². The maximum Gasteiger partial charge on any atom is 0.0907 e. The van der Waals surface area contributed by atoms with Gasteiger partial charge in [-0.25, -0.2) is 0 Å². The van der Waals surface area contributed by atoms with Crippen LogP contribution in [0.5, 0.6) is 0 Å². The molecule has 0 spiro atoms. The zero-order valence-corrected chi connectivity index (χ0v) is 22.9. The summed E-state index contributed by atoms with van der Waals surface area (Å²) in [4.78, 5) is 0. The van der Waals surface area contributed by atoms with Crippen molar-refractivity contribution in [3.63, 3.8) is 0 Å². The van der Waals surface area contributed by atoms with Crippen molar-refractivity contribution < 1.29 is 18.9 Å². The zero-order chi connectivity index (χ0) is 27.5. The second kappa shape index (κ2) is 17.7. The molecular weight excluding hydrogens is 500 g/mol. The molecule has 4 aromatic carbocycles. The molecule has 0 bridgehead atoms. The lowest BCUT2D eigenvalue weighted by Gasteiger charge is -2.19. The molecule has 0 atom stereocenters. The van der Waals surface area contributed by atoms with Crippen LogP contribution in [-0.2, 0) is 45.4 Å². The van der Waals surface area contributed by atoms with E-state index in [9.17, 15) is 0 Å².